The number of methoxy groups -OCH3 is 1. The zero-order valence-electron chi connectivity index (χ0n) is 23.4. The van der Waals surface area contributed by atoms with Gasteiger partial charge in [0.2, 0.25) is 11.8 Å². The van der Waals surface area contributed by atoms with Gasteiger partial charge in [0.15, 0.2) is 0 Å². The molecule has 0 fully saturated rings. The van der Waals surface area contributed by atoms with Crippen LogP contribution in [-0.4, -0.2) is 50.9 Å². The molecule has 40 heavy (non-hydrogen) atoms. The molecule has 3 aromatic rings. The Morgan fingerprint density at radius 3 is 2.25 bits per heavy atom. The summed E-state index contributed by atoms with van der Waals surface area (Å²) in [6.45, 7) is 6.96. The van der Waals surface area contributed by atoms with E-state index in [0.717, 1.165) is 26.3 Å². The van der Waals surface area contributed by atoms with Gasteiger partial charge < -0.3 is 15.0 Å². The maximum atomic E-state index is 14.0. The van der Waals surface area contributed by atoms with Crippen molar-refractivity contribution in [2.45, 2.75) is 57.6 Å². The number of hydrogen-bond donors (Lipinski definition) is 1. The van der Waals surface area contributed by atoms with Crippen LogP contribution in [0.3, 0.4) is 0 Å². The lowest BCUT2D eigenvalue weighted by atomic mass is 10.1. The van der Waals surface area contributed by atoms with Gasteiger partial charge in [-0.25, -0.2) is 8.42 Å². The van der Waals surface area contributed by atoms with Crippen molar-refractivity contribution in [2.24, 2.45) is 0 Å². The van der Waals surface area contributed by atoms with Gasteiger partial charge >= 0.3 is 0 Å². The molecule has 3 aromatic carbocycles. The number of amides is 2. The Morgan fingerprint density at radius 2 is 1.65 bits per heavy atom. The molecule has 0 saturated carbocycles. The predicted molar refractivity (Wildman–Crippen MR) is 161 cm³/mol. The Balaban J connectivity index is 2.03. The van der Waals surface area contributed by atoms with Gasteiger partial charge in [-0.05, 0) is 81.3 Å². The Morgan fingerprint density at radius 1 is 1.00 bits per heavy atom. The summed E-state index contributed by atoms with van der Waals surface area (Å²) in [6, 6.07) is 19.4. The standard InChI is InChI=1S/C30H36BrN3O5S/c1-6-22(3)32-30(36)23(4)33(19-24-8-7-9-27(18-24)39-5)29(35)20-34(26-14-12-25(31)13-15-26)40(37,38)28-16-10-21(2)11-17-28/h7-18,22-23H,6,19-20H2,1-5H3,(H,32,36). The van der Waals surface area contributed by atoms with Gasteiger partial charge in [-0.15, -0.1) is 0 Å². The molecule has 2 atom stereocenters. The molecule has 0 radical (unpaired) electrons. The molecule has 3 rings (SSSR count). The lowest BCUT2D eigenvalue weighted by Gasteiger charge is -2.32. The van der Waals surface area contributed by atoms with Crippen LogP contribution < -0.4 is 14.4 Å². The highest BCUT2D eigenvalue weighted by Crippen LogP contribution is 2.26. The van der Waals surface area contributed by atoms with E-state index in [1.165, 1.54) is 17.0 Å². The zero-order chi connectivity index (χ0) is 29.4. The van der Waals surface area contributed by atoms with Crippen LogP contribution in [0, 0.1) is 6.92 Å². The van der Waals surface area contributed by atoms with Crippen LogP contribution in [0.4, 0.5) is 5.69 Å². The van der Waals surface area contributed by atoms with E-state index in [9.17, 15) is 18.0 Å². The van der Waals surface area contributed by atoms with Crippen LogP contribution in [0.5, 0.6) is 5.75 Å². The number of sulfonamides is 1. The summed E-state index contributed by atoms with van der Waals surface area (Å²) in [5, 5.41) is 2.93. The fourth-order valence-corrected chi connectivity index (χ4v) is 5.67. The second-order valence-corrected chi connectivity index (χ2v) is 12.4. The summed E-state index contributed by atoms with van der Waals surface area (Å²) < 4.78 is 34.9. The second-order valence-electron chi connectivity index (χ2n) is 9.67. The summed E-state index contributed by atoms with van der Waals surface area (Å²) in [5.41, 5.74) is 1.98. The number of nitrogens with zero attached hydrogens (tertiary/aromatic N) is 2. The monoisotopic (exact) mass is 629 g/mol. The lowest BCUT2D eigenvalue weighted by molar-refractivity contribution is -0.139. The first-order chi connectivity index (χ1) is 19.0. The molecule has 0 aliphatic heterocycles. The van der Waals surface area contributed by atoms with E-state index in [4.69, 9.17) is 4.74 Å². The number of anilines is 1. The van der Waals surface area contributed by atoms with E-state index in [-0.39, 0.29) is 23.4 Å². The maximum absolute atomic E-state index is 14.0. The topological polar surface area (TPSA) is 96.0 Å². The fraction of sp³-hybridized carbons (Fsp3) is 0.333. The Bertz CT molecular complexity index is 1410. The van der Waals surface area contributed by atoms with E-state index in [2.05, 4.69) is 21.2 Å². The highest BCUT2D eigenvalue weighted by atomic mass is 79.9. The van der Waals surface area contributed by atoms with Crippen LogP contribution in [0.15, 0.2) is 82.2 Å². The number of carbonyl (C=O) groups excluding carboxylic acids is 2. The van der Waals surface area contributed by atoms with Crippen molar-refractivity contribution in [1.82, 2.24) is 10.2 Å². The number of hydrogen-bond acceptors (Lipinski definition) is 5. The van der Waals surface area contributed by atoms with Crippen molar-refractivity contribution in [1.29, 1.82) is 0 Å². The molecule has 8 nitrogen and oxygen atoms in total. The van der Waals surface area contributed by atoms with Gasteiger partial charge in [-0.1, -0.05) is 52.7 Å². The summed E-state index contributed by atoms with van der Waals surface area (Å²) in [4.78, 5) is 28.6. The van der Waals surface area contributed by atoms with Crippen molar-refractivity contribution in [3.05, 3.63) is 88.4 Å². The molecule has 10 heteroatoms. The third-order valence-electron chi connectivity index (χ3n) is 6.66. The minimum Gasteiger partial charge on any atom is -0.497 e. The molecule has 0 aromatic heterocycles. The van der Waals surface area contributed by atoms with Gasteiger partial charge in [0, 0.05) is 17.1 Å². The van der Waals surface area contributed by atoms with Crippen LogP contribution >= 0.6 is 15.9 Å². The van der Waals surface area contributed by atoms with Crippen molar-refractivity contribution in [3.8, 4) is 5.75 Å². The first kappa shape index (κ1) is 31.2. The highest BCUT2D eigenvalue weighted by Gasteiger charge is 2.32. The molecule has 0 saturated heterocycles. The maximum Gasteiger partial charge on any atom is 0.264 e. The minimum absolute atomic E-state index is 0.0655. The Labute approximate surface area is 245 Å². The number of carbonyl (C=O) groups is 2. The SMILES string of the molecule is CCC(C)NC(=O)C(C)N(Cc1cccc(OC)c1)C(=O)CN(c1ccc(Br)cc1)S(=O)(=O)c1ccc(C)cc1. The minimum atomic E-state index is -4.11. The predicted octanol–water partition coefficient (Wildman–Crippen LogP) is 5.29. The van der Waals surface area contributed by atoms with Gasteiger partial charge in [-0.3, -0.25) is 13.9 Å². The number of rotatable bonds is 12. The van der Waals surface area contributed by atoms with Gasteiger partial charge in [-0.2, -0.15) is 0 Å². The summed E-state index contributed by atoms with van der Waals surface area (Å²) in [5.74, 6) is -0.226. The zero-order valence-corrected chi connectivity index (χ0v) is 25.8. The molecule has 214 valence electrons. The van der Waals surface area contributed by atoms with Gasteiger partial charge in [0.25, 0.3) is 10.0 Å². The fourth-order valence-electron chi connectivity index (χ4n) is 3.99. The molecule has 0 aliphatic rings. The summed E-state index contributed by atoms with van der Waals surface area (Å²) in [7, 11) is -2.56. The summed E-state index contributed by atoms with van der Waals surface area (Å²) in [6.07, 6.45) is 0.731. The largest absolute Gasteiger partial charge is 0.497 e. The van der Waals surface area contributed by atoms with Crippen molar-refractivity contribution in [3.63, 3.8) is 0 Å². The third-order valence-corrected chi connectivity index (χ3v) is 8.97. The first-order valence-corrected chi connectivity index (χ1v) is 15.3. The van der Waals surface area contributed by atoms with Crippen LogP contribution in [0.2, 0.25) is 0 Å². The van der Waals surface area contributed by atoms with E-state index in [1.54, 1.807) is 68.6 Å². The Hall–Kier alpha value is -3.37. The van der Waals surface area contributed by atoms with E-state index >= 15 is 0 Å². The van der Waals surface area contributed by atoms with Crippen molar-refractivity contribution >= 4 is 43.5 Å². The van der Waals surface area contributed by atoms with E-state index in [1.807, 2.05) is 26.8 Å². The van der Waals surface area contributed by atoms with Crippen LogP contribution in [0.25, 0.3) is 0 Å². The highest BCUT2D eigenvalue weighted by molar-refractivity contribution is 9.10. The number of halogens is 1. The molecule has 0 bridgehead atoms. The van der Waals surface area contributed by atoms with Crippen LogP contribution in [-0.2, 0) is 26.2 Å². The number of aryl methyl sites for hydroxylation is 1. The normalized spacial score (nSPS) is 12.8. The quantitative estimate of drug-likeness (QED) is 0.294. The molecule has 0 heterocycles. The Kier molecular flexibility index (Phi) is 10.8. The van der Waals surface area contributed by atoms with Crippen molar-refractivity contribution in [2.75, 3.05) is 18.0 Å². The molecular weight excluding hydrogens is 594 g/mol. The van der Waals surface area contributed by atoms with Crippen LogP contribution in [0.1, 0.15) is 38.3 Å². The smallest absolute Gasteiger partial charge is 0.264 e. The van der Waals surface area contributed by atoms with Gasteiger partial charge in [0.1, 0.15) is 18.3 Å². The molecule has 2 amide bonds. The number of benzene rings is 3. The average molecular weight is 631 g/mol. The van der Waals surface area contributed by atoms with E-state index < -0.39 is 28.5 Å². The lowest BCUT2D eigenvalue weighted by Crippen LogP contribution is -2.52. The molecule has 1 N–H and O–H groups in total. The average Bonchev–Trinajstić information content (AvgIpc) is 2.94. The van der Waals surface area contributed by atoms with Crippen molar-refractivity contribution < 1.29 is 22.7 Å². The number of ether oxygens (including phenoxy) is 1. The third kappa shape index (κ3) is 7.85. The molecule has 2 unspecified atom stereocenters. The summed E-state index contributed by atoms with van der Waals surface area (Å²) >= 11 is 3.38. The number of nitrogens with one attached hydrogen (secondary N) is 1. The molecule has 0 aliphatic carbocycles. The van der Waals surface area contributed by atoms with E-state index in [0.29, 0.717) is 11.4 Å². The first-order valence-electron chi connectivity index (χ1n) is 13.0. The molecular formula is C30H36BrN3O5S. The van der Waals surface area contributed by atoms with Gasteiger partial charge in [0.05, 0.1) is 17.7 Å². The molecule has 0 spiro atoms. The second kappa shape index (κ2) is 13.8.